The Hall–Kier alpha value is -1.10. The Morgan fingerprint density at radius 1 is 1.57 bits per heavy atom. The number of amides is 1. The van der Waals surface area contributed by atoms with Gasteiger partial charge in [-0.15, -0.1) is 0 Å². The summed E-state index contributed by atoms with van der Waals surface area (Å²) in [6.45, 7) is 4.41. The number of likely N-dealkylation sites (tertiary alicyclic amines) is 1. The topological polar surface area (TPSA) is 83.6 Å². The number of rotatable bonds is 3. The molecule has 5 heteroatoms. The molecule has 3 N–H and O–H groups in total. The SMILES string of the molecule is CC(C(N)=O)N1CCC(C)(C(=O)O)C1. The summed E-state index contributed by atoms with van der Waals surface area (Å²) in [6.07, 6.45) is 0.569. The van der Waals surface area contributed by atoms with Crippen molar-refractivity contribution >= 4 is 11.9 Å². The monoisotopic (exact) mass is 200 g/mol. The van der Waals surface area contributed by atoms with Crippen molar-refractivity contribution in [1.29, 1.82) is 0 Å². The number of nitrogens with two attached hydrogens (primary N) is 1. The summed E-state index contributed by atoms with van der Waals surface area (Å²) >= 11 is 0. The molecule has 1 aliphatic rings. The fraction of sp³-hybridized carbons (Fsp3) is 0.778. The van der Waals surface area contributed by atoms with E-state index in [1.54, 1.807) is 13.8 Å². The van der Waals surface area contributed by atoms with Crippen molar-refractivity contribution in [2.75, 3.05) is 13.1 Å². The average molecular weight is 200 g/mol. The van der Waals surface area contributed by atoms with Crippen LogP contribution in [0.3, 0.4) is 0 Å². The van der Waals surface area contributed by atoms with Crippen LogP contribution in [0.15, 0.2) is 0 Å². The molecule has 0 aliphatic carbocycles. The molecule has 0 aromatic heterocycles. The summed E-state index contributed by atoms with van der Waals surface area (Å²) in [5.41, 5.74) is 4.42. The van der Waals surface area contributed by atoms with Gasteiger partial charge in [0.05, 0.1) is 11.5 Å². The van der Waals surface area contributed by atoms with Crippen LogP contribution in [0.5, 0.6) is 0 Å². The first-order chi connectivity index (χ1) is 6.37. The van der Waals surface area contributed by atoms with Crippen LogP contribution < -0.4 is 5.73 Å². The van der Waals surface area contributed by atoms with Gasteiger partial charge in [-0.1, -0.05) is 0 Å². The lowest BCUT2D eigenvalue weighted by molar-refractivity contribution is -0.147. The third kappa shape index (κ3) is 1.87. The number of carbonyl (C=O) groups is 2. The largest absolute Gasteiger partial charge is 0.481 e. The molecule has 14 heavy (non-hydrogen) atoms. The van der Waals surface area contributed by atoms with Crippen molar-refractivity contribution in [3.8, 4) is 0 Å². The second-order valence-electron chi connectivity index (χ2n) is 4.16. The van der Waals surface area contributed by atoms with Crippen LogP contribution >= 0.6 is 0 Å². The standard InChI is InChI=1S/C9H16N2O3/c1-6(7(10)12)11-4-3-9(2,5-11)8(13)14/h6H,3-5H2,1-2H3,(H2,10,12)(H,13,14). The fourth-order valence-electron chi connectivity index (χ4n) is 1.68. The lowest BCUT2D eigenvalue weighted by atomic mass is 9.90. The first-order valence-electron chi connectivity index (χ1n) is 4.63. The molecule has 1 heterocycles. The van der Waals surface area contributed by atoms with E-state index in [0.29, 0.717) is 19.5 Å². The van der Waals surface area contributed by atoms with Gasteiger partial charge in [-0.25, -0.2) is 0 Å². The molecule has 1 rings (SSSR count). The summed E-state index contributed by atoms with van der Waals surface area (Å²) in [7, 11) is 0. The molecular weight excluding hydrogens is 184 g/mol. The molecule has 0 radical (unpaired) electrons. The summed E-state index contributed by atoms with van der Waals surface area (Å²) in [5, 5.41) is 8.97. The third-order valence-corrected chi connectivity index (χ3v) is 2.98. The van der Waals surface area contributed by atoms with Gasteiger partial charge in [0.1, 0.15) is 0 Å². The normalized spacial score (nSPS) is 30.1. The second kappa shape index (κ2) is 3.57. The Balaban J connectivity index is 2.65. The highest BCUT2D eigenvalue weighted by Crippen LogP contribution is 2.31. The maximum Gasteiger partial charge on any atom is 0.310 e. The molecule has 0 spiro atoms. The molecule has 2 atom stereocenters. The van der Waals surface area contributed by atoms with Gasteiger partial charge in [0.15, 0.2) is 0 Å². The van der Waals surface area contributed by atoms with Crippen LogP contribution in [0.1, 0.15) is 20.3 Å². The smallest absolute Gasteiger partial charge is 0.310 e. The number of nitrogens with zero attached hydrogens (tertiary/aromatic N) is 1. The molecule has 1 amide bonds. The Labute approximate surface area is 82.9 Å². The van der Waals surface area contributed by atoms with Gasteiger partial charge in [0.25, 0.3) is 0 Å². The number of carboxylic acids is 1. The number of carbonyl (C=O) groups excluding carboxylic acids is 1. The lowest BCUT2D eigenvalue weighted by Crippen LogP contribution is -2.43. The predicted octanol–water partition coefficient (Wildman–Crippen LogP) is -0.343. The zero-order valence-corrected chi connectivity index (χ0v) is 8.49. The zero-order valence-electron chi connectivity index (χ0n) is 8.49. The van der Waals surface area contributed by atoms with E-state index < -0.39 is 17.3 Å². The van der Waals surface area contributed by atoms with E-state index in [0.717, 1.165) is 0 Å². The Morgan fingerprint density at radius 2 is 2.14 bits per heavy atom. The van der Waals surface area contributed by atoms with Crippen molar-refractivity contribution in [2.24, 2.45) is 11.1 Å². The summed E-state index contributed by atoms with van der Waals surface area (Å²) in [4.78, 5) is 23.6. The van der Waals surface area contributed by atoms with Crippen molar-refractivity contribution in [2.45, 2.75) is 26.3 Å². The van der Waals surface area contributed by atoms with Crippen LogP contribution in [0, 0.1) is 5.41 Å². The van der Waals surface area contributed by atoms with E-state index in [9.17, 15) is 9.59 Å². The van der Waals surface area contributed by atoms with Gasteiger partial charge < -0.3 is 10.8 Å². The Morgan fingerprint density at radius 3 is 2.50 bits per heavy atom. The van der Waals surface area contributed by atoms with Gasteiger partial charge in [0.2, 0.25) is 5.91 Å². The van der Waals surface area contributed by atoms with Crippen LogP contribution in [0.2, 0.25) is 0 Å². The van der Waals surface area contributed by atoms with Crippen LogP contribution in [0.4, 0.5) is 0 Å². The van der Waals surface area contributed by atoms with Gasteiger partial charge in [-0.3, -0.25) is 14.5 Å². The molecule has 2 unspecified atom stereocenters. The Kier molecular flexibility index (Phi) is 2.80. The van der Waals surface area contributed by atoms with Gasteiger partial charge >= 0.3 is 5.97 Å². The van der Waals surface area contributed by atoms with Gasteiger partial charge in [0, 0.05) is 13.1 Å². The minimum absolute atomic E-state index is 0.379. The second-order valence-corrected chi connectivity index (χ2v) is 4.16. The molecule has 80 valence electrons. The first kappa shape index (κ1) is 11.0. The minimum Gasteiger partial charge on any atom is -0.481 e. The average Bonchev–Trinajstić information content (AvgIpc) is 2.48. The van der Waals surface area contributed by atoms with Crippen molar-refractivity contribution in [3.63, 3.8) is 0 Å². The maximum atomic E-state index is 10.9. The summed E-state index contributed by atoms with van der Waals surface area (Å²) < 4.78 is 0. The third-order valence-electron chi connectivity index (χ3n) is 2.98. The molecule has 0 aromatic rings. The zero-order chi connectivity index (χ0) is 10.9. The molecule has 1 saturated heterocycles. The first-order valence-corrected chi connectivity index (χ1v) is 4.63. The van der Waals surface area contributed by atoms with Crippen LogP contribution in [0.25, 0.3) is 0 Å². The fourth-order valence-corrected chi connectivity index (χ4v) is 1.68. The number of carboxylic acid groups (broad SMARTS) is 1. The van der Waals surface area contributed by atoms with Crippen LogP contribution in [-0.2, 0) is 9.59 Å². The van der Waals surface area contributed by atoms with Crippen LogP contribution in [-0.4, -0.2) is 41.0 Å². The summed E-state index contributed by atoms with van der Waals surface area (Å²) in [6, 6.07) is -0.379. The highest BCUT2D eigenvalue weighted by Gasteiger charge is 2.42. The highest BCUT2D eigenvalue weighted by atomic mass is 16.4. The van der Waals surface area contributed by atoms with Gasteiger partial charge in [-0.2, -0.15) is 0 Å². The van der Waals surface area contributed by atoms with Crippen molar-refractivity contribution in [1.82, 2.24) is 4.90 Å². The maximum absolute atomic E-state index is 10.9. The lowest BCUT2D eigenvalue weighted by Gasteiger charge is -2.23. The van der Waals surface area contributed by atoms with E-state index in [1.807, 2.05) is 4.90 Å². The molecule has 1 aliphatic heterocycles. The molecule has 5 nitrogen and oxygen atoms in total. The van der Waals surface area contributed by atoms with E-state index in [4.69, 9.17) is 10.8 Å². The number of primary amides is 1. The van der Waals surface area contributed by atoms with Crippen molar-refractivity contribution < 1.29 is 14.7 Å². The number of aliphatic carboxylic acids is 1. The van der Waals surface area contributed by atoms with E-state index in [-0.39, 0.29) is 6.04 Å². The predicted molar refractivity (Wildman–Crippen MR) is 50.6 cm³/mol. The highest BCUT2D eigenvalue weighted by molar-refractivity contribution is 5.80. The molecular formula is C9H16N2O3. The van der Waals surface area contributed by atoms with Crippen molar-refractivity contribution in [3.05, 3.63) is 0 Å². The minimum atomic E-state index is -0.809. The van der Waals surface area contributed by atoms with E-state index >= 15 is 0 Å². The molecule has 0 saturated carbocycles. The number of hydrogen-bond donors (Lipinski definition) is 2. The van der Waals surface area contributed by atoms with E-state index in [2.05, 4.69) is 0 Å². The van der Waals surface area contributed by atoms with Gasteiger partial charge in [-0.05, 0) is 20.3 Å². The Bertz CT molecular complexity index is 267. The molecule has 0 bridgehead atoms. The molecule has 0 aromatic carbocycles. The molecule has 1 fully saturated rings. The summed E-state index contributed by atoms with van der Waals surface area (Å²) in [5.74, 6) is -1.21. The number of hydrogen-bond acceptors (Lipinski definition) is 3. The van der Waals surface area contributed by atoms with E-state index in [1.165, 1.54) is 0 Å². The quantitative estimate of drug-likeness (QED) is 0.652.